The lowest BCUT2D eigenvalue weighted by molar-refractivity contribution is -0.130. The van der Waals surface area contributed by atoms with E-state index in [0.29, 0.717) is 13.0 Å². The van der Waals surface area contributed by atoms with Crippen LogP contribution in [0.5, 0.6) is 0 Å². The SMILES string of the molecule is Cc1cccc(N2CCN(C(=O)Cc3csc(CN)n3)CC2)c1. The zero-order chi connectivity index (χ0) is 16.2. The van der Waals surface area contributed by atoms with Gasteiger partial charge in [-0.05, 0) is 24.6 Å². The number of aryl methyl sites for hydroxylation is 1. The Morgan fingerprint density at radius 1 is 1.30 bits per heavy atom. The zero-order valence-electron chi connectivity index (χ0n) is 13.4. The molecule has 1 aromatic carbocycles. The molecule has 0 spiro atoms. The van der Waals surface area contributed by atoms with Gasteiger partial charge < -0.3 is 15.5 Å². The van der Waals surface area contributed by atoms with Crippen molar-refractivity contribution < 1.29 is 4.79 Å². The van der Waals surface area contributed by atoms with Crippen molar-refractivity contribution in [1.29, 1.82) is 0 Å². The number of hydrogen-bond acceptors (Lipinski definition) is 5. The number of aromatic nitrogens is 1. The summed E-state index contributed by atoms with van der Waals surface area (Å²) in [5, 5.41) is 2.82. The Labute approximate surface area is 140 Å². The number of thiazole rings is 1. The summed E-state index contributed by atoms with van der Waals surface area (Å²) < 4.78 is 0. The smallest absolute Gasteiger partial charge is 0.228 e. The first-order chi connectivity index (χ1) is 11.2. The van der Waals surface area contributed by atoms with E-state index in [1.807, 2.05) is 10.3 Å². The summed E-state index contributed by atoms with van der Waals surface area (Å²) in [5.74, 6) is 0.155. The number of anilines is 1. The topological polar surface area (TPSA) is 62.5 Å². The van der Waals surface area contributed by atoms with E-state index in [9.17, 15) is 4.79 Å². The number of nitrogens with zero attached hydrogens (tertiary/aromatic N) is 3. The van der Waals surface area contributed by atoms with E-state index in [0.717, 1.165) is 36.9 Å². The van der Waals surface area contributed by atoms with Gasteiger partial charge in [0.05, 0.1) is 12.1 Å². The van der Waals surface area contributed by atoms with E-state index in [2.05, 4.69) is 41.1 Å². The van der Waals surface area contributed by atoms with Crippen molar-refractivity contribution in [2.75, 3.05) is 31.1 Å². The molecule has 23 heavy (non-hydrogen) atoms. The predicted octanol–water partition coefficient (Wildman–Crippen LogP) is 1.80. The molecule has 0 aliphatic carbocycles. The molecule has 122 valence electrons. The number of amides is 1. The maximum Gasteiger partial charge on any atom is 0.228 e. The molecule has 0 atom stereocenters. The number of carbonyl (C=O) groups excluding carboxylic acids is 1. The molecule has 1 aliphatic rings. The number of carbonyl (C=O) groups is 1. The van der Waals surface area contributed by atoms with Gasteiger partial charge in [0.25, 0.3) is 0 Å². The first-order valence-corrected chi connectivity index (χ1v) is 8.76. The van der Waals surface area contributed by atoms with Crippen LogP contribution in [0.15, 0.2) is 29.6 Å². The largest absolute Gasteiger partial charge is 0.368 e. The Kier molecular flexibility index (Phi) is 4.93. The molecule has 1 aliphatic heterocycles. The maximum absolute atomic E-state index is 12.4. The molecule has 1 saturated heterocycles. The van der Waals surface area contributed by atoms with Crippen LogP contribution in [0.25, 0.3) is 0 Å². The van der Waals surface area contributed by atoms with Gasteiger partial charge in [0, 0.05) is 43.8 Å². The van der Waals surface area contributed by atoms with E-state index in [-0.39, 0.29) is 5.91 Å². The van der Waals surface area contributed by atoms with E-state index >= 15 is 0 Å². The highest BCUT2D eigenvalue weighted by atomic mass is 32.1. The van der Waals surface area contributed by atoms with Crippen molar-refractivity contribution in [2.45, 2.75) is 19.9 Å². The summed E-state index contributed by atoms with van der Waals surface area (Å²) in [6.07, 6.45) is 0.376. The molecule has 2 aromatic rings. The minimum atomic E-state index is 0.155. The van der Waals surface area contributed by atoms with Crippen LogP contribution in [0.3, 0.4) is 0 Å². The molecule has 2 heterocycles. The van der Waals surface area contributed by atoms with Crippen molar-refractivity contribution in [1.82, 2.24) is 9.88 Å². The second-order valence-corrected chi connectivity index (χ2v) is 6.76. The second kappa shape index (κ2) is 7.10. The van der Waals surface area contributed by atoms with Gasteiger partial charge in [0.1, 0.15) is 5.01 Å². The fourth-order valence-electron chi connectivity index (χ4n) is 2.83. The van der Waals surface area contributed by atoms with Crippen LogP contribution in [0, 0.1) is 6.92 Å². The highest BCUT2D eigenvalue weighted by Gasteiger charge is 2.22. The number of hydrogen-bond donors (Lipinski definition) is 1. The fourth-order valence-corrected chi connectivity index (χ4v) is 3.50. The second-order valence-electron chi connectivity index (χ2n) is 5.82. The molecular weight excluding hydrogens is 308 g/mol. The third-order valence-electron chi connectivity index (χ3n) is 4.11. The fraction of sp³-hybridized carbons (Fsp3) is 0.412. The van der Waals surface area contributed by atoms with Crippen molar-refractivity contribution >= 4 is 22.9 Å². The number of rotatable bonds is 4. The first kappa shape index (κ1) is 16.0. The Morgan fingerprint density at radius 3 is 2.74 bits per heavy atom. The summed E-state index contributed by atoms with van der Waals surface area (Å²) in [6, 6.07) is 8.52. The van der Waals surface area contributed by atoms with Gasteiger partial charge in [0.15, 0.2) is 0 Å². The molecular formula is C17H22N4OS. The van der Waals surface area contributed by atoms with Crippen LogP contribution in [-0.2, 0) is 17.8 Å². The Bertz CT molecular complexity index is 677. The Hall–Kier alpha value is -1.92. The predicted molar refractivity (Wildman–Crippen MR) is 93.7 cm³/mol. The molecule has 0 saturated carbocycles. The summed E-state index contributed by atoms with van der Waals surface area (Å²) in [4.78, 5) is 21.1. The normalized spacial score (nSPS) is 15.0. The average Bonchev–Trinajstić information content (AvgIpc) is 3.02. The molecule has 3 rings (SSSR count). The Morgan fingerprint density at radius 2 is 2.09 bits per heavy atom. The van der Waals surface area contributed by atoms with E-state index in [1.54, 1.807) is 0 Å². The van der Waals surface area contributed by atoms with Gasteiger partial charge >= 0.3 is 0 Å². The minimum absolute atomic E-state index is 0.155. The summed E-state index contributed by atoms with van der Waals surface area (Å²) in [7, 11) is 0. The lowest BCUT2D eigenvalue weighted by Gasteiger charge is -2.36. The number of nitrogens with two attached hydrogens (primary N) is 1. The maximum atomic E-state index is 12.4. The van der Waals surface area contributed by atoms with Crippen LogP contribution in [-0.4, -0.2) is 42.0 Å². The van der Waals surface area contributed by atoms with E-state index in [4.69, 9.17) is 5.73 Å². The van der Waals surface area contributed by atoms with Crippen molar-refractivity contribution in [3.05, 3.63) is 45.9 Å². The molecule has 1 amide bonds. The molecule has 2 N–H and O–H groups in total. The van der Waals surface area contributed by atoms with Crippen LogP contribution < -0.4 is 10.6 Å². The van der Waals surface area contributed by atoms with Gasteiger partial charge in [-0.1, -0.05) is 12.1 Å². The van der Waals surface area contributed by atoms with Gasteiger partial charge in [-0.3, -0.25) is 4.79 Å². The zero-order valence-corrected chi connectivity index (χ0v) is 14.2. The van der Waals surface area contributed by atoms with Crippen molar-refractivity contribution in [3.63, 3.8) is 0 Å². The summed E-state index contributed by atoms with van der Waals surface area (Å²) in [5.41, 5.74) is 8.90. The third kappa shape index (κ3) is 3.89. The van der Waals surface area contributed by atoms with Crippen molar-refractivity contribution in [2.24, 2.45) is 5.73 Å². The average molecular weight is 330 g/mol. The standard InChI is InChI=1S/C17H22N4OS/c1-13-3-2-4-15(9-13)20-5-7-21(8-6-20)17(22)10-14-12-23-16(11-18)19-14/h2-4,9,12H,5-8,10-11,18H2,1H3. The lowest BCUT2D eigenvalue weighted by atomic mass is 10.2. The third-order valence-corrected chi connectivity index (χ3v) is 5.03. The number of benzene rings is 1. The summed E-state index contributed by atoms with van der Waals surface area (Å²) >= 11 is 1.52. The van der Waals surface area contributed by atoms with Crippen molar-refractivity contribution in [3.8, 4) is 0 Å². The molecule has 1 aromatic heterocycles. The molecule has 0 radical (unpaired) electrons. The van der Waals surface area contributed by atoms with Crippen LogP contribution in [0.1, 0.15) is 16.3 Å². The van der Waals surface area contributed by atoms with Gasteiger partial charge in [0.2, 0.25) is 5.91 Å². The Balaban J connectivity index is 1.55. The van der Waals surface area contributed by atoms with Crippen LogP contribution in [0.2, 0.25) is 0 Å². The molecule has 0 unspecified atom stereocenters. The highest BCUT2D eigenvalue weighted by molar-refractivity contribution is 7.09. The van der Waals surface area contributed by atoms with E-state index in [1.165, 1.54) is 22.6 Å². The van der Waals surface area contributed by atoms with Gasteiger partial charge in [-0.2, -0.15) is 0 Å². The van der Waals surface area contributed by atoms with E-state index < -0.39 is 0 Å². The highest BCUT2D eigenvalue weighted by Crippen LogP contribution is 2.18. The monoisotopic (exact) mass is 330 g/mol. The minimum Gasteiger partial charge on any atom is -0.368 e. The molecule has 6 heteroatoms. The first-order valence-electron chi connectivity index (χ1n) is 7.88. The lowest BCUT2D eigenvalue weighted by Crippen LogP contribution is -2.49. The number of piperazine rings is 1. The quantitative estimate of drug-likeness (QED) is 0.928. The van der Waals surface area contributed by atoms with Gasteiger partial charge in [-0.15, -0.1) is 11.3 Å². The van der Waals surface area contributed by atoms with Gasteiger partial charge in [-0.25, -0.2) is 4.98 Å². The van der Waals surface area contributed by atoms with Crippen LogP contribution in [0.4, 0.5) is 5.69 Å². The summed E-state index contributed by atoms with van der Waals surface area (Å²) in [6.45, 7) is 5.82. The molecule has 5 nitrogen and oxygen atoms in total. The molecule has 1 fully saturated rings. The van der Waals surface area contributed by atoms with Crippen LogP contribution >= 0.6 is 11.3 Å². The molecule has 0 bridgehead atoms.